The molecule has 152 valence electrons. The molecule has 1 aliphatic heterocycles. The number of carbonyl (C=O) groups is 2. The van der Waals surface area contributed by atoms with E-state index in [4.69, 9.17) is 4.74 Å². The highest BCUT2D eigenvalue weighted by molar-refractivity contribution is 7.91. The lowest BCUT2D eigenvalue weighted by Gasteiger charge is -2.33. The summed E-state index contributed by atoms with van der Waals surface area (Å²) >= 11 is 0. The fourth-order valence-corrected chi connectivity index (χ4v) is 5.41. The first kappa shape index (κ1) is 20.4. The third-order valence-electron chi connectivity index (χ3n) is 5.32. The van der Waals surface area contributed by atoms with Crippen molar-refractivity contribution in [2.24, 2.45) is 0 Å². The summed E-state index contributed by atoms with van der Waals surface area (Å²) in [6.07, 6.45) is 2.97. The number of H-pyrrole nitrogens is 1. The highest BCUT2D eigenvalue weighted by atomic mass is 32.2. The first-order chi connectivity index (χ1) is 13.3. The molecule has 1 saturated heterocycles. The summed E-state index contributed by atoms with van der Waals surface area (Å²) in [5.74, 6) is -0.755. The molecule has 0 bridgehead atoms. The summed E-state index contributed by atoms with van der Waals surface area (Å²) in [7, 11) is -3.11. The quantitative estimate of drug-likeness (QED) is 0.710. The van der Waals surface area contributed by atoms with Crippen LogP contribution in [0.4, 0.5) is 0 Å². The summed E-state index contributed by atoms with van der Waals surface area (Å²) < 4.78 is 28.8. The van der Waals surface area contributed by atoms with Gasteiger partial charge in [0.25, 0.3) is 5.91 Å². The van der Waals surface area contributed by atoms with Gasteiger partial charge in [-0.25, -0.2) is 8.42 Å². The van der Waals surface area contributed by atoms with E-state index in [1.54, 1.807) is 11.1 Å². The molecule has 1 aromatic heterocycles. The molecule has 1 amide bonds. The lowest BCUT2D eigenvalue weighted by molar-refractivity contribution is -0.153. The van der Waals surface area contributed by atoms with Crippen LogP contribution in [0.25, 0.3) is 10.9 Å². The predicted molar refractivity (Wildman–Crippen MR) is 107 cm³/mol. The number of nitrogens with zero attached hydrogens (tertiary/aromatic N) is 1. The van der Waals surface area contributed by atoms with Crippen molar-refractivity contribution >= 4 is 32.6 Å². The standard InChI is InChI=1S/C20H26N2O5S/c1-3-14(2)22(16-8-9-28(25,26)13-16)19(23)12-27-20(24)10-15-11-21-18-7-5-4-6-17(15)18/h4-7,11,14,16,21H,3,8-10,12-13H2,1-2H3/t14-,16+/m1/s1. The summed E-state index contributed by atoms with van der Waals surface area (Å²) in [5, 5.41) is 0.947. The Morgan fingerprint density at radius 1 is 1.32 bits per heavy atom. The molecule has 2 heterocycles. The number of para-hydroxylation sites is 1. The monoisotopic (exact) mass is 406 g/mol. The van der Waals surface area contributed by atoms with Crippen molar-refractivity contribution in [3.05, 3.63) is 36.0 Å². The maximum Gasteiger partial charge on any atom is 0.310 e. The van der Waals surface area contributed by atoms with Gasteiger partial charge in [0.05, 0.1) is 17.9 Å². The van der Waals surface area contributed by atoms with Crippen molar-refractivity contribution in [2.45, 2.75) is 45.2 Å². The first-order valence-electron chi connectivity index (χ1n) is 9.53. The average Bonchev–Trinajstić information content (AvgIpc) is 3.23. The van der Waals surface area contributed by atoms with Gasteiger partial charge in [0.15, 0.2) is 16.4 Å². The van der Waals surface area contributed by atoms with Crippen LogP contribution in [0.15, 0.2) is 30.5 Å². The fraction of sp³-hybridized carbons (Fsp3) is 0.500. The summed E-state index contributed by atoms with van der Waals surface area (Å²) in [6, 6.07) is 7.19. The Bertz CT molecular complexity index is 966. The number of carbonyl (C=O) groups excluding carboxylic acids is 2. The number of hydrogen-bond acceptors (Lipinski definition) is 5. The Kier molecular flexibility index (Phi) is 6.07. The summed E-state index contributed by atoms with van der Waals surface area (Å²) in [6.45, 7) is 3.45. The third kappa shape index (κ3) is 4.55. The molecule has 1 fully saturated rings. The normalized spacial score (nSPS) is 19.4. The molecule has 1 N–H and O–H groups in total. The van der Waals surface area contributed by atoms with Crippen LogP contribution >= 0.6 is 0 Å². The molecule has 0 aliphatic carbocycles. The Morgan fingerprint density at radius 2 is 2.07 bits per heavy atom. The number of aromatic amines is 1. The van der Waals surface area contributed by atoms with E-state index in [9.17, 15) is 18.0 Å². The van der Waals surface area contributed by atoms with Gasteiger partial charge in [-0.05, 0) is 31.4 Å². The molecular weight excluding hydrogens is 380 g/mol. The van der Waals surface area contributed by atoms with Gasteiger partial charge in [0, 0.05) is 29.2 Å². The number of rotatable bonds is 7. The molecule has 0 unspecified atom stereocenters. The van der Waals surface area contributed by atoms with Crippen LogP contribution in [0.3, 0.4) is 0 Å². The molecule has 0 radical (unpaired) electrons. The van der Waals surface area contributed by atoms with Crippen LogP contribution in [0.1, 0.15) is 32.3 Å². The van der Waals surface area contributed by atoms with Crippen LogP contribution < -0.4 is 0 Å². The van der Waals surface area contributed by atoms with Crippen molar-refractivity contribution in [1.29, 1.82) is 0 Å². The molecule has 8 heteroatoms. The molecule has 3 rings (SSSR count). The van der Waals surface area contributed by atoms with Crippen LogP contribution in [-0.2, 0) is 30.6 Å². The zero-order valence-corrected chi connectivity index (χ0v) is 17.0. The Hall–Kier alpha value is -2.35. The van der Waals surface area contributed by atoms with Crippen molar-refractivity contribution in [3.63, 3.8) is 0 Å². The summed E-state index contributed by atoms with van der Waals surface area (Å²) in [4.78, 5) is 29.6. The van der Waals surface area contributed by atoms with Crippen molar-refractivity contribution in [1.82, 2.24) is 9.88 Å². The highest BCUT2D eigenvalue weighted by Crippen LogP contribution is 2.22. The molecule has 1 aliphatic rings. The molecule has 2 aromatic rings. The van der Waals surface area contributed by atoms with Crippen LogP contribution in [0, 0.1) is 0 Å². The van der Waals surface area contributed by atoms with Crippen LogP contribution in [-0.4, -0.2) is 60.4 Å². The van der Waals surface area contributed by atoms with Gasteiger partial charge in [0.2, 0.25) is 0 Å². The van der Waals surface area contributed by atoms with Crippen molar-refractivity contribution < 1.29 is 22.7 Å². The second-order valence-corrected chi connectivity index (χ2v) is 9.54. The van der Waals surface area contributed by atoms with Gasteiger partial charge in [-0.3, -0.25) is 9.59 Å². The predicted octanol–water partition coefficient (Wildman–Crippen LogP) is 2.07. The maximum atomic E-state index is 12.7. The molecule has 7 nitrogen and oxygen atoms in total. The fourth-order valence-electron chi connectivity index (χ4n) is 3.70. The largest absolute Gasteiger partial charge is 0.455 e. The van der Waals surface area contributed by atoms with Gasteiger partial charge in [-0.1, -0.05) is 25.1 Å². The number of hydrogen-bond donors (Lipinski definition) is 1. The number of esters is 1. The van der Waals surface area contributed by atoms with Gasteiger partial charge < -0.3 is 14.6 Å². The smallest absolute Gasteiger partial charge is 0.310 e. The number of aromatic nitrogens is 1. The number of nitrogens with one attached hydrogen (secondary N) is 1. The van der Waals surface area contributed by atoms with E-state index in [1.807, 2.05) is 38.1 Å². The van der Waals surface area contributed by atoms with Crippen LogP contribution in [0.5, 0.6) is 0 Å². The van der Waals surface area contributed by atoms with E-state index >= 15 is 0 Å². The van der Waals surface area contributed by atoms with Gasteiger partial charge in [-0.2, -0.15) is 0 Å². The van der Waals surface area contributed by atoms with Gasteiger partial charge in [0.1, 0.15) is 0 Å². The topological polar surface area (TPSA) is 96.5 Å². The zero-order chi connectivity index (χ0) is 20.3. The molecule has 28 heavy (non-hydrogen) atoms. The minimum atomic E-state index is -3.11. The first-order valence-corrected chi connectivity index (χ1v) is 11.3. The average molecular weight is 407 g/mol. The van der Waals surface area contributed by atoms with E-state index in [-0.39, 0.29) is 42.5 Å². The van der Waals surface area contributed by atoms with E-state index in [0.29, 0.717) is 12.8 Å². The Balaban J connectivity index is 1.61. The minimum Gasteiger partial charge on any atom is -0.455 e. The Labute approximate surface area is 165 Å². The number of fused-ring (bicyclic) bond motifs is 1. The molecule has 2 atom stereocenters. The van der Waals surface area contributed by atoms with E-state index in [1.165, 1.54) is 0 Å². The molecule has 1 aromatic carbocycles. The number of sulfone groups is 1. The Morgan fingerprint density at radius 3 is 2.75 bits per heavy atom. The van der Waals surface area contributed by atoms with Gasteiger partial charge >= 0.3 is 5.97 Å². The van der Waals surface area contributed by atoms with E-state index in [2.05, 4.69) is 4.98 Å². The van der Waals surface area contributed by atoms with E-state index in [0.717, 1.165) is 16.5 Å². The van der Waals surface area contributed by atoms with Gasteiger partial charge in [-0.15, -0.1) is 0 Å². The van der Waals surface area contributed by atoms with E-state index < -0.39 is 15.8 Å². The number of benzene rings is 1. The third-order valence-corrected chi connectivity index (χ3v) is 7.07. The lowest BCUT2D eigenvalue weighted by atomic mass is 10.1. The second-order valence-electron chi connectivity index (χ2n) is 7.31. The van der Waals surface area contributed by atoms with Crippen LogP contribution in [0.2, 0.25) is 0 Å². The van der Waals surface area contributed by atoms with Crippen molar-refractivity contribution in [2.75, 3.05) is 18.1 Å². The maximum absolute atomic E-state index is 12.7. The number of ether oxygens (including phenoxy) is 1. The summed E-state index contributed by atoms with van der Waals surface area (Å²) in [5.41, 5.74) is 1.75. The second kappa shape index (κ2) is 8.34. The highest BCUT2D eigenvalue weighted by Gasteiger charge is 2.36. The zero-order valence-electron chi connectivity index (χ0n) is 16.2. The SMILES string of the molecule is CC[C@@H](C)N(C(=O)COC(=O)Cc1c[nH]c2ccccc12)[C@H]1CCS(=O)(=O)C1. The molecule has 0 spiro atoms. The number of amides is 1. The van der Waals surface area contributed by atoms with Crippen molar-refractivity contribution in [3.8, 4) is 0 Å². The molecular formula is C20H26N2O5S. The lowest BCUT2D eigenvalue weighted by Crippen LogP contribution is -2.48. The molecule has 0 saturated carbocycles. The minimum absolute atomic E-state index is 0.0215.